The number of hydrogen-bond acceptors (Lipinski definition) is 10. The molecule has 0 radical (unpaired) electrons. The molecule has 0 saturated carbocycles. The predicted molar refractivity (Wildman–Crippen MR) is 194 cm³/mol. The SMILES string of the molecule is CC[C@H](C)[C@H](NC(=O)c1nccn1C)C(=O)N(C)C(C[C@@H](OC(C)=O)c1nc(C(=O)N[C@@H](Cc2ccccc2)C[C@H](C)C(=O)OC)cs1)C(C)C. The summed E-state index contributed by atoms with van der Waals surface area (Å²) in [5.74, 6) is -2.55. The van der Waals surface area contributed by atoms with E-state index in [9.17, 15) is 24.0 Å². The number of likely N-dealkylation sites (N-methyl/N-ethyl adjacent to an activating group) is 1. The molecule has 0 aliphatic rings. The van der Waals surface area contributed by atoms with Crippen molar-refractivity contribution in [3.8, 4) is 0 Å². The molecule has 2 N–H and O–H groups in total. The van der Waals surface area contributed by atoms with Gasteiger partial charge in [-0.05, 0) is 30.2 Å². The molecule has 3 aromatic rings. The number of rotatable bonds is 18. The number of hydrogen-bond donors (Lipinski definition) is 2. The zero-order chi connectivity index (χ0) is 37.8. The number of carbonyl (C=O) groups is 5. The molecule has 0 saturated heterocycles. The molecule has 2 aromatic heterocycles. The maximum Gasteiger partial charge on any atom is 0.308 e. The molecule has 51 heavy (non-hydrogen) atoms. The summed E-state index contributed by atoms with van der Waals surface area (Å²) in [5.41, 5.74) is 1.15. The van der Waals surface area contributed by atoms with E-state index in [2.05, 4.69) is 20.6 Å². The average molecular weight is 725 g/mol. The van der Waals surface area contributed by atoms with Crippen LogP contribution in [0.2, 0.25) is 0 Å². The highest BCUT2D eigenvalue weighted by atomic mass is 32.1. The van der Waals surface area contributed by atoms with Crippen LogP contribution in [0, 0.1) is 17.8 Å². The second-order valence-corrected chi connectivity index (χ2v) is 14.3. The predicted octanol–water partition coefficient (Wildman–Crippen LogP) is 4.74. The number of aryl methyl sites for hydroxylation is 1. The summed E-state index contributed by atoms with van der Waals surface area (Å²) in [4.78, 5) is 75.5. The lowest BCUT2D eigenvalue weighted by molar-refractivity contribution is -0.149. The molecule has 1 unspecified atom stereocenters. The average Bonchev–Trinajstić information content (AvgIpc) is 3.77. The lowest BCUT2D eigenvalue weighted by atomic mass is 9.93. The molecule has 0 bridgehead atoms. The van der Waals surface area contributed by atoms with E-state index in [0.29, 0.717) is 24.3 Å². The molecular weight excluding hydrogens is 673 g/mol. The van der Waals surface area contributed by atoms with Gasteiger partial charge in [0, 0.05) is 57.3 Å². The largest absolute Gasteiger partial charge is 0.469 e. The van der Waals surface area contributed by atoms with Crippen molar-refractivity contribution in [3.05, 3.63) is 70.2 Å². The molecule has 1 aromatic carbocycles. The van der Waals surface area contributed by atoms with Crippen molar-refractivity contribution < 1.29 is 33.4 Å². The first kappa shape index (κ1) is 40.8. The summed E-state index contributed by atoms with van der Waals surface area (Å²) in [6.45, 7) is 10.8. The second-order valence-electron chi connectivity index (χ2n) is 13.4. The van der Waals surface area contributed by atoms with Gasteiger partial charge in [-0.2, -0.15) is 0 Å². The van der Waals surface area contributed by atoms with Crippen molar-refractivity contribution in [1.82, 2.24) is 30.1 Å². The van der Waals surface area contributed by atoms with Crippen LogP contribution in [0.3, 0.4) is 0 Å². The summed E-state index contributed by atoms with van der Waals surface area (Å²) < 4.78 is 12.3. The number of imidazole rings is 1. The molecule has 3 rings (SSSR count). The van der Waals surface area contributed by atoms with E-state index in [4.69, 9.17) is 9.47 Å². The van der Waals surface area contributed by atoms with Crippen LogP contribution in [-0.2, 0) is 37.3 Å². The molecule has 0 aliphatic heterocycles. The zero-order valence-corrected chi connectivity index (χ0v) is 31.9. The summed E-state index contributed by atoms with van der Waals surface area (Å²) in [6.07, 6.45) is 4.04. The van der Waals surface area contributed by atoms with E-state index < -0.39 is 41.9 Å². The first-order chi connectivity index (χ1) is 24.2. The highest BCUT2D eigenvalue weighted by Gasteiger charge is 2.36. The fraction of sp³-hybridized carbons (Fsp3) is 0.541. The maximum atomic E-state index is 14.1. The Bertz CT molecular complexity index is 1620. The Morgan fingerprint density at radius 2 is 1.69 bits per heavy atom. The molecule has 13 nitrogen and oxygen atoms in total. The topological polar surface area (TPSA) is 162 Å². The normalized spacial score (nSPS) is 14.8. The van der Waals surface area contributed by atoms with Gasteiger partial charge in [0.2, 0.25) is 5.91 Å². The van der Waals surface area contributed by atoms with Crippen LogP contribution in [0.1, 0.15) is 98.6 Å². The minimum absolute atomic E-state index is 0.0712. The third kappa shape index (κ3) is 11.5. The van der Waals surface area contributed by atoms with Crippen LogP contribution in [0.15, 0.2) is 48.1 Å². The van der Waals surface area contributed by atoms with Crippen LogP contribution in [0.25, 0.3) is 0 Å². The number of aromatic nitrogens is 3. The Balaban J connectivity index is 1.83. The number of nitrogens with zero attached hydrogens (tertiary/aromatic N) is 4. The molecule has 6 atom stereocenters. The van der Waals surface area contributed by atoms with Crippen molar-refractivity contribution in [2.24, 2.45) is 24.8 Å². The summed E-state index contributed by atoms with van der Waals surface area (Å²) >= 11 is 1.19. The van der Waals surface area contributed by atoms with Crippen LogP contribution < -0.4 is 10.6 Å². The molecule has 0 aliphatic carbocycles. The lowest BCUT2D eigenvalue weighted by Crippen LogP contribution is -2.54. The molecule has 278 valence electrons. The number of thiazole rings is 1. The Kier molecular flexibility index (Phi) is 15.3. The minimum atomic E-state index is -0.847. The number of amides is 3. The lowest BCUT2D eigenvalue weighted by Gasteiger charge is -2.36. The number of carbonyl (C=O) groups excluding carboxylic acids is 5. The highest BCUT2D eigenvalue weighted by molar-refractivity contribution is 7.09. The molecule has 14 heteroatoms. The van der Waals surface area contributed by atoms with Gasteiger partial charge in [0.15, 0.2) is 11.9 Å². The van der Waals surface area contributed by atoms with Gasteiger partial charge < -0.3 is 29.6 Å². The van der Waals surface area contributed by atoms with Crippen LogP contribution in [-0.4, -0.2) is 81.4 Å². The number of nitrogens with one attached hydrogen (secondary N) is 2. The van der Waals surface area contributed by atoms with Gasteiger partial charge in [-0.1, -0.05) is 71.4 Å². The Morgan fingerprint density at radius 3 is 2.25 bits per heavy atom. The molecule has 2 heterocycles. The second kappa shape index (κ2) is 19.1. The molecule has 0 fully saturated rings. The van der Waals surface area contributed by atoms with Crippen molar-refractivity contribution in [3.63, 3.8) is 0 Å². The number of esters is 2. The van der Waals surface area contributed by atoms with Gasteiger partial charge in [-0.25, -0.2) is 9.97 Å². The van der Waals surface area contributed by atoms with E-state index in [1.807, 2.05) is 58.0 Å². The van der Waals surface area contributed by atoms with Gasteiger partial charge in [0.05, 0.1) is 13.0 Å². The van der Waals surface area contributed by atoms with E-state index in [1.165, 1.54) is 31.6 Å². The van der Waals surface area contributed by atoms with Crippen molar-refractivity contribution in [1.29, 1.82) is 0 Å². The van der Waals surface area contributed by atoms with E-state index in [1.54, 1.807) is 42.1 Å². The standard InChI is InChI=1S/C37H52N6O7S/c1-10-23(4)31(41-34(46)32-38-16-17-42(32)7)36(47)43(8)29(22(2)3)20-30(50-25(6)44)35-40-28(21-51-35)33(45)39-27(18-24(5)37(48)49-9)19-26-14-12-11-13-15-26/h11-17,21-24,27,29-31H,10,18-20H2,1-9H3,(H,39,45)(H,41,46)/t23-,24-,27+,29?,30+,31-/m0/s1. The number of ether oxygens (including phenoxy) is 2. The Hall–Kier alpha value is -4.59. The van der Waals surface area contributed by atoms with Crippen LogP contribution >= 0.6 is 11.3 Å². The van der Waals surface area contributed by atoms with Crippen molar-refractivity contribution in [2.75, 3.05) is 14.2 Å². The smallest absolute Gasteiger partial charge is 0.308 e. The van der Waals surface area contributed by atoms with Crippen LogP contribution in [0.4, 0.5) is 0 Å². The fourth-order valence-electron chi connectivity index (χ4n) is 5.97. The van der Waals surface area contributed by atoms with Crippen molar-refractivity contribution >= 4 is 41.0 Å². The Labute approximate surface area is 304 Å². The van der Waals surface area contributed by atoms with Gasteiger partial charge >= 0.3 is 11.9 Å². The van der Waals surface area contributed by atoms with Gasteiger partial charge in [-0.15, -0.1) is 11.3 Å². The summed E-state index contributed by atoms with van der Waals surface area (Å²) in [7, 11) is 4.73. The molecule has 3 amide bonds. The number of methoxy groups -OCH3 is 1. The first-order valence-electron chi connectivity index (χ1n) is 17.3. The quantitative estimate of drug-likeness (QED) is 0.177. The molecular formula is C37H52N6O7S. The van der Waals surface area contributed by atoms with E-state index >= 15 is 0 Å². The third-order valence-corrected chi connectivity index (χ3v) is 10.0. The summed E-state index contributed by atoms with van der Waals surface area (Å²) in [6, 6.07) is 8.03. The third-order valence-electron chi connectivity index (χ3n) is 9.10. The van der Waals surface area contributed by atoms with Gasteiger partial charge in [0.1, 0.15) is 16.7 Å². The zero-order valence-electron chi connectivity index (χ0n) is 31.0. The number of benzene rings is 1. The maximum absolute atomic E-state index is 14.1. The fourth-order valence-corrected chi connectivity index (χ4v) is 6.81. The minimum Gasteiger partial charge on any atom is -0.469 e. The monoisotopic (exact) mass is 724 g/mol. The van der Waals surface area contributed by atoms with Crippen molar-refractivity contribution in [2.45, 2.75) is 91.5 Å². The van der Waals surface area contributed by atoms with Gasteiger partial charge in [0.25, 0.3) is 11.8 Å². The van der Waals surface area contributed by atoms with Gasteiger partial charge in [-0.3, -0.25) is 24.0 Å². The highest BCUT2D eigenvalue weighted by Crippen LogP contribution is 2.31. The first-order valence-corrected chi connectivity index (χ1v) is 18.1. The van der Waals surface area contributed by atoms with E-state index in [-0.39, 0.29) is 47.7 Å². The van der Waals surface area contributed by atoms with E-state index in [0.717, 1.165) is 5.56 Å². The molecule has 0 spiro atoms. The summed E-state index contributed by atoms with van der Waals surface area (Å²) in [5, 5.41) is 7.94. The Morgan fingerprint density at radius 1 is 1.00 bits per heavy atom. The van der Waals surface area contributed by atoms with Crippen LogP contribution in [0.5, 0.6) is 0 Å².